The number of ether oxygens (including phenoxy) is 1. The van der Waals surface area contributed by atoms with Crippen molar-refractivity contribution in [1.29, 1.82) is 0 Å². The minimum absolute atomic E-state index is 0.357. The molecule has 82 valence electrons. The quantitative estimate of drug-likeness (QED) is 0.770. The molecule has 0 spiro atoms. The van der Waals surface area contributed by atoms with E-state index in [9.17, 15) is 0 Å². The van der Waals surface area contributed by atoms with Crippen LogP contribution in [0.1, 0.15) is 31.4 Å². The Labute approximate surface area is 96.2 Å². The van der Waals surface area contributed by atoms with Crippen molar-refractivity contribution in [1.82, 2.24) is 0 Å². The van der Waals surface area contributed by atoms with Crippen molar-refractivity contribution in [3.8, 4) is 5.75 Å². The van der Waals surface area contributed by atoms with Crippen LogP contribution < -0.4 is 4.74 Å². The average Bonchev–Trinajstić information content (AvgIpc) is 2.18. The third-order valence-electron chi connectivity index (χ3n) is 3.09. The second-order valence-electron chi connectivity index (χ2n) is 4.24. The first-order chi connectivity index (χ1) is 7.15. The predicted octanol–water partition coefficient (Wildman–Crippen LogP) is 3.75. The predicted molar refractivity (Wildman–Crippen MR) is 66.8 cm³/mol. The van der Waals surface area contributed by atoms with Crippen molar-refractivity contribution in [2.24, 2.45) is 0 Å². The van der Waals surface area contributed by atoms with Crippen LogP contribution in [0.25, 0.3) is 0 Å². The van der Waals surface area contributed by atoms with Crippen molar-refractivity contribution >= 4 is 11.8 Å². The van der Waals surface area contributed by atoms with Gasteiger partial charge in [0.1, 0.15) is 5.75 Å². The molecule has 1 unspecified atom stereocenters. The number of thioether (sulfide) groups is 1. The van der Waals surface area contributed by atoms with E-state index in [0.29, 0.717) is 4.75 Å². The fourth-order valence-electron chi connectivity index (χ4n) is 1.93. The van der Waals surface area contributed by atoms with Crippen LogP contribution in [0.15, 0.2) is 18.2 Å². The van der Waals surface area contributed by atoms with E-state index in [1.165, 1.54) is 23.3 Å². The summed E-state index contributed by atoms with van der Waals surface area (Å²) in [6.07, 6.45) is 1.30. The van der Waals surface area contributed by atoms with Crippen LogP contribution in [0.5, 0.6) is 5.75 Å². The SMILES string of the molecule is CCOc1ccc(C2(C)CCS2)cc1C. The lowest BCUT2D eigenvalue weighted by atomic mass is 9.95. The number of hydrogen-bond donors (Lipinski definition) is 0. The fraction of sp³-hybridized carbons (Fsp3) is 0.538. The molecule has 1 aromatic carbocycles. The van der Waals surface area contributed by atoms with Gasteiger partial charge in [-0.25, -0.2) is 0 Å². The first-order valence-electron chi connectivity index (χ1n) is 5.53. The molecule has 0 radical (unpaired) electrons. The Morgan fingerprint density at radius 2 is 2.20 bits per heavy atom. The fourth-order valence-corrected chi connectivity index (χ4v) is 3.04. The summed E-state index contributed by atoms with van der Waals surface area (Å²) < 4.78 is 5.91. The molecule has 0 amide bonds. The first-order valence-corrected chi connectivity index (χ1v) is 6.52. The minimum atomic E-state index is 0.357. The van der Waals surface area contributed by atoms with E-state index in [1.54, 1.807) is 0 Å². The van der Waals surface area contributed by atoms with Gasteiger partial charge in [-0.3, -0.25) is 0 Å². The smallest absolute Gasteiger partial charge is 0.122 e. The van der Waals surface area contributed by atoms with Gasteiger partial charge in [-0.2, -0.15) is 11.8 Å². The van der Waals surface area contributed by atoms with Crippen molar-refractivity contribution in [3.05, 3.63) is 29.3 Å². The van der Waals surface area contributed by atoms with E-state index in [4.69, 9.17) is 4.74 Å². The van der Waals surface area contributed by atoms with Gasteiger partial charge in [0, 0.05) is 4.75 Å². The first kappa shape index (κ1) is 10.9. The molecule has 1 atom stereocenters. The Balaban J connectivity index is 2.25. The number of rotatable bonds is 3. The lowest BCUT2D eigenvalue weighted by Gasteiger charge is -2.38. The Morgan fingerprint density at radius 3 is 2.67 bits per heavy atom. The Bertz CT molecular complexity index is 356. The van der Waals surface area contributed by atoms with Gasteiger partial charge in [0.2, 0.25) is 0 Å². The van der Waals surface area contributed by atoms with E-state index in [2.05, 4.69) is 32.0 Å². The van der Waals surface area contributed by atoms with Crippen molar-refractivity contribution < 1.29 is 4.74 Å². The maximum atomic E-state index is 5.55. The third-order valence-corrected chi connectivity index (χ3v) is 4.57. The molecule has 1 aliphatic heterocycles. The van der Waals surface area contributed by atoms with E-state index in [-0.39, 0.29) is 0 Å². The largest absolute Gasteiger partial charge is 0.494 e. The van der Waals surface area contributed by atoms with Gasteiger partial charge >= 0.3 is 0 Å². The minimum Gasteiger partial charge on any atom is -0.494 e. The Morgan fingerprint density at radius 1 is 1.47 bits per heavy atom. The van der Waals surface area contributed by atoms with Gasteiger partial charge in [0.25, 0.3) is 0 Å². The molecule has 1 saturated heterocycles. The molecule has 0 N–H and O–H groups in total. The zero-order chi connectivity index (χ0) is 10.9. The zero-order valence-electron chi connectivity index (χ0n) is 9.67. The normalized spacial score (nSPS) is 24.7. The maximum absolute atomic E-state index is 5.55. The molecule has 2 rings (SSSR count). The monoisotopic (exact) mass is 222 g/mol. The number of hydrogen-bond acceptors (Lipinski definition) is 2. The highest BCUT2D eigenvalue weighted by molar-refractivity contribution is 8.01. The topological polar surface area (TPSA) is 9.23 Å². The van der Waals surface area contributed by atoms with E-state index in [1.807, 2.05) is 18.7 Å². The van der Waals surface area contributed by atoms with Crippen molar-refractivity contribution in [2.45, 2.75) is 31.9 Å². The molecule has 15 heavy (non-hydrogen) atoms. The number of benzene rings is 1. The van der Waals surface area contributed by atoms with Crippen LogP contribution in [0.4, 0.5) is 0 Å². The van der Waals surface area contributed by atoms with Crippen molar-refractivity contribution in [3.63, 3.8) is 0 Å². The summed E-state index contributed by atoms with van der Waals surface area (Å²) in [4.78, 5) is 0. The third kappa shape index (κ3) is 2.00. The van der Waals surface area contributed by atoms with Crippen LogP contribution >= 0.6 is 11.8 Å². The van der Waals surface area contributed by atoms with E-state index < -0.39 is 0 Å². The summed E-state index contributed by atoms with van der Waals surface area (Å²) in [7, 11) is 0. The van der Waals surface area contributed by atoms with Gasteiger partial charge in [0.15, 0.2) is 0 Å². The highest BCUT2D eigenvalue weighted by Gasteiger charge is 2.34. The van der Waals surface area contributed by atoms with Crippen LogP contribution in [0.3, 0.4) is 0 Å². The molecule has 1 aliphatic rings. The molecule has 1 nitrogen and oxygen atoms in total. The summed E-state index contributed by atoms with van der Waals surface area (Å²) in [6.45, 7) is 7.22. The summed E-state index contributed by atoms with van der Waals surface area (Å²) >= 11 is 2.05. The van der Waals surface area contributed by atoms with Crippen LogP contribution in [0.2, 0.25) is 0 Å². The average molecular weight is 222 g/mol. The summed E-state index contributed by atoms with van der Waals surface area (Å²) in [6, 6.07) is 6.60. The second-order valence-corrected chi connectivity index (χ2v) is 5.84. The summed E-state index contributed by atoms with van der Waals surface area (Å²) in [5.41, 5.74) is 2.70. The van der Waals surface area contributed by atoms with Gasteiger partial charge in [-0.1, -0.05) is 12.1 Å². The van der Waals surface area contributed by atoms with Gasteiger partial charge < -0.3 is 4.74 Å². The van der Waals surface area contributed by atoms with Gasteiger partial charge in [0.05, 0.1) is 6.61 Å². The second kappa shape index (κ2) is 4.09. The van der Waals surface area contributed by atoms with Gasteiger partial charge in [-0.15, -0.1) is 0 Å². The Kier molecular flexibility index (Phi) is 2.96. The van der Waals surface area contributed by atoms with Crippen LogP contribution in [0, 0.1) is 6.92 Å². The van der Waals surface area contributed by atoms with E-state index >= 15 is 0 Å². The highest BCUT2D eigenvalue weighted by Crippen LogP contribution is 2.49. The van der Waals surface area contributed by atoms with Crippen LogP contribution in [-0.4, -0.2) is 12.4 Å². The molecule has 1 heterocycles. The molecule has 0 aromatic heterocycles. The molecular formula is C13H18OS. The standard InChI is InChI=1S/C13H18OS/c1-4-14-12-6-5-11(9-10(12)2)13(3)7-8-15-13/h5-6,9H,4,7-8H2,1-3H3. The summed E-state index contributed by atoms with van der Waals surface area (Å²) in [5, 5.41) is 0. The molecule has 1 aromatic rings. The molecule has 1 fully saturated rings. The van der Waals surface area contributed by atoms with E-state index in [0.717, 1.165) is 12.4 Å². The zero-order valence-corrected chi connectivity index (χ0v) is 10.5. The maximum Gasteiger partial charge on any atom is 0.122 e. The van der Waals surface area contributed by atoms with Crippen LogP contribution in [-0.2, 0) is 4.75 Å². The number of aryl methyl sites for hydroxylation is 1. The molecule has 0 saturated carbocycles. The summed E-state index contributed by atoms with van der Waals surface area (Å²) in [5.74, 6) is 2.32. The molecule has 0 aliphatic carbocycles. The lowest BCUT2D eigenvalue weighted by Crippen LogP contribution is -2.27. The van der Waals surface area contributed by atoms with Crippen molar-refractivity contribution in [2.75, 3.05) is 12.4 Å². The Hall–Kier alpha value is -0.630. The lowest BCUT2D eigenvalue weighted by molar-refractivity contribution is 0.337. The molecule has 0 bridgehead atoms. The highest BCUT2D eigenvalue weighted by atomic mass is 32.2. The molecular weight excluding hydrogens is 204 g/mol. The van der Waals surface area contributed by atoms with Gasteiger partial charge in [-0.05, 0) is 50.1 Å². The molecule has 2 heteroatoms.